The molecule has 3 N–H and O–H groups in total. The van der Waals surface area contributed by atoms with Gasteiger partial charge in [-0.1, -0.05) is 30.3 Å². The number of likely N-dealkylation sites (tertiary alicyclic amines) is 1. The van der Waals surface area contributed by atoms with Crippen LogP contribution in [-0.4, -0.2) is 41.1 Å². The molecule has 2 aromatic carbocycles. The number of piperidine rings is 1. The van der Waals surface area contributed by atoms with Crippen LogP contribution in [0.4, 0.5) is 15.0 Å². The number of primary amides is 1. The van der Waals surface area contributed by atoms with Crippen LogP contribution in [0.25, 0.3) is 11.0 Å². The SMILES string of the molecule is COc1nc2c(C3CCN(Cc4ccccc4)CC3)cc(F)cc2nc1NC(N)=O. The fourth-order valence-corrected chi connectivity index (χ4v) is 4.03. The molecule has 0 atom stereocenters. The molecule has 1 aliphatic rings. The number of methoxy groups -OCH3 is 1. The van der Waals surface area contributed by atoms with E-state index in [0.717, 1.165) is 38.0 Å². The first-order valence-electron chi connectivity index (χ1n) is 9.91. The number of carbonyl (C=O) groups is 1. The van der Waals surface area contributed by atoms with E-state index in [1.54, 1.807) is 0 Å². The molecule has 8 heteroatoms. The Morgan fingerprint density at radius 1 is 1.23 bits per heavy atom. The molecular weight excluding hydrogens is 385 g/mol. The summed E-state index contributed by atoms with van der Waals surface area (Å²) in [6, 6.07) is 12.4. The Balaban J connectivity index is 1.58. The predicted octanol–water partition coefficient (Wildman–Crippen LogP) is 3.65. The molecule has 7 nitrogen and oxygen atoms in total. The number of benzene rings is 2. The van der Waals surface area contributed by atoms with Gasteiger partial charge in [-0.2, -0.15) is 0 Å². The van der Waals surface area contributed by atoms with Crippen LogP contribution in [0.5, 0.6) is 5.88 Å². The van der Waals surface area contributed by atoms with Gasteiger partial charge in [0.2, 0.25) is 0 Å². The number of anilines is 1. The quantitative estimate of drug-likeness (QED) is 0.671. The molecule has 0 radical (unpaired) electrons. The Hall–Kier alpha value is -3.26. The fraction of sp³-hybridized carbons (Fsp3) is 0.318. The Morgan fingerprint density at radius 2 is 1.97 bits per heavy atom. The number of nitrogens with one attached hydrogen (secondary N) is 1. The Kier molecular flexibility index (Phi) is 5.76. The number of hydrogen-bond acceptors (Lipinski definition) is 5. The maximum absolute atomic E-state index is 14.4. The lowest BCUT2D eigenvalue weighted by Gasteiger charge is -2.32. The Morgan fingerprint density at radius 3 is 2.63 bits per heavy atom. The molecule has 0 aliphatic carbocycles. The van der Waals surface area contributed by atoms with Gasteiger partial charge in [0.25, 0.3) is 5.88 Å². The molecule has 1 fully saturated rings. The molecule has 2 heterocycles. The van der Waals surface area contributed by atoms with E-state index in [0.29, 0.717) is 11.0 Å². The van der Waals surface area contributed by atoms with Crippen LogP contribution in [0.1, 0.15) is 29.9 Å². The molecule has 2 amide bonds. The number of fused-ring (bicyclic) bond motifs is 1. The first-order valence-corrected chi connectivity index (χ1v) is 9.91. The number of aromatic nitrogens is 2. The van der Waals surface area contributed by atoms with E-state index in [4.69, 9.17) is 10.5 Å². The highest BCUT2D eigenvalue weighted by molar-refractivity contribution is 5.90. The zero-order valence-electron chi connectivity index (χ0n) is 16.8. The van der Waals surface area contributed by atoms with Crippen LogP contribution < -0.4 is 15.8 Å². The summed E-state index contributed by atoms with van der Waals surface area (Å²) in [7, 11) is 1.44. The minimum atomic E-state index is -0.788. The summed E-state index contributed by atoms with van der Waals surface area (Å²) in [6.07, 6.45) is 1.80. The third-order valence-electron chi connectivity index (χ3n) is 5.44. The number of nitrogens with two attached hydrogens (primary N) is 1. The smallest absolute Gasteiger partial charge is 0.317 e. The van der Waals surface area contributed by atoms with Gasteiger partial charge in [-0.3, -0.25) is 10.2 Å². The third-order valence-corrected chi connectivity index (χ3v) is 5.44. The number of hydrogen-bond donors (Lipinski definition) is 2. The zero-order valence-corrected chi connectivity index (χ0v) is 16.8. The monoisotopic (exact) mass is 409 g/mol. The van der Waals surface area contributed by atoms with Crippen molar-refractivity contribution in [2.75, 3.05) is 25.5 Å². The molecule has 156 valence electrons. The van der Waals surface area contributed by atoms with Crippen LogP contribution in [0.15, 0.2) is 42.5 Å². The van der Waals surface area contributed by atoms with Gasteiger partial charge >= 0.3 is 6.03 Å². The molecule has 4 rings (SSSR count). The van der Waals surface area contributed by atoms with Crippen LogP contribution in [-0.2, 0) is 6.54 Å². The summed E-state index contributed by atoms with van der Waals surface area (Å²) in [5.74, 6) is 0.0142. The summed E-state index contributed by atoms with van der Waals surface area (Å²) in [6.45, 7) is 2.75. The minimum absolute atomic E-state index is 0.0757. The fourth-order valence-electron chi connectivity index (χ4n) is 4.03. The molecule has 1 aromatic heterocycles. The number of ether oxygens (including phenoxy) is 1. The lowest BCUT2D eigenvalue weighted by Crippen LogP contribution is -2.32. The van der Waals surface area contributed by atoms with Crippen molar-refractivity contribution in [3.63, 3.8) is 0 Å². The highest BCUT2D eigenvalue weighted by Gasteiger charge is 2.25. The van der Waals surface area contributed by atoms with E-state index in [2.05, 4.69) is 32.3 Å². The zero-order chi connectivity index (χ0) is 21.1. The van der Waals surface area contributed by atoms with Crippen molar-refractivity contribution in [3.8, 4) is 5.88 Å². The minimum Gasteiger partial charge on any atom is -0.478 e. The lowest BCUT2D eigenvalue weighted by atomic mass is 9.88. The molecule has 30 heavy (non-hydrogen) atoms. The molecule has 0 saturated carbocycles. The number of nitrogens with zero attached hydrogens (tertiary/aromatic N) is 3. The Labute approximate surface area is 174 Å². The Bertz CT molecular complexity index is 1050. The number of carbonyl (C=O) groups excluding carboxylic acids is 1. The maximum Gasteiger partial charge on any atom is 0.317 e. The van der Waals surface area contributed by atoms with E-state index in [-0.39, 0.29) is 23.4 Å². The third kappa shape index (κ3) is 4.33. The number of rotatable bonds is 5. The second kappa shape index (κ2) is 8.62. The van der Waals surface area contributed by atoms with Crippen molar-refractivity contribution in [1.82, 2.24) is 14.9 Å². The highest BCUT2D eigenvalue weighted by Crippen LogP contribution is 2.35. The summed E-state index contributed by atoms with van der Waals surface area (Å²) < 4.78 is 19.6. The van der Waals surface area contributed by atoms with Crippen LogP contribution in [0.2, 0.25) is 0 Å². The molecule has 0 spiro atoms. The second-order valence-electron chi connectivity index (χ2n) is 7.47. The number of amides is 2. The van der Waals surface area contributed by atoms with Crippen molar-refractivity contribution >= 4 is 22.9 Å². The van der Waals surface area contributed by atoms with Crippen molar-refractivity contribution in [2.45, 2.75) is 25.3 Å². The van der Waals surface area contributed by atoms with Gasteiger partial charge in [0.05, 0.1) is 18.1 Å². The van der Waals surface area contributed by atoms with Crippen molar-refractivity contribution in [2.24, 2.45) is 5.73 Å². The van der Waals surface area contributed by atoms with Gasteiger partial charge < -0.3 is 10.5 Å². The van der Waals surface area contributed by atoms with E-state index >= 15 is 0 Å². The number of halogens is 1. The summed E-state index contributed by atoms with van der Waals surface area (Å²) >= 11 is 0. The molecule has 0 bridgehead atoms. The topological polar surface area (TPSA) is 93.4 Å². The van der Waals surface area contributed by atoms with Gasteiger partial charge in [-0.05, 0) is 49.0 Å². The van der Waals surface area contributed by atoms with E-state index in [1.165, 1.54) is 24.8 Å². The number of urea groups is 1. The van der Waals surface area contributed by atoms with Gasteiger partial charge in [0.1, 0.15) is 5.82 Å². The van der Waals surface area contributed by atoms with Crippen LogP contribution >= 0.6 is 0 Å². The average molecular weight is 409 g/mol. The van der Waals surface area contributed by atoms with Gasteiger partial charge in [0.15, 0.2) is 5.82 Å². The molecule has 1 saturated heterocycles. The van der Waals surface area contributed by atoms with Gasteiger partial charge in [-0.15, -0.1) is 0 Å². The van der Waals surface area contributed by atoms with E-state index in [1.807, 2.05) is 18.2 Å². The molecule has 0 unspecified atom stereocenters. The predicted molar refractivity (Wildman–Crippen MR) is 113 cm³/mol. The van der Waals surface area contributed by atoms with Crippen molar-refractivity contribution < 1.29 is 13.9 Å². The van der Waals surface area contributed by atoms with Gasteiger partial charge in [0, 0.05) is 12.6 Å². The first kappa shape index (κ1) is 20.0. The van der Waals surface area contributed by atoms with Crippen molar-refractivity contribution in [3.05, 3.63) is 59.4 Å². The summed E-state index contributed by atoms with van der Waals surface area (Å²) in [4.78, 5) is 22.5. The average Bonchev–Trinajstić information content (AvgIpc) is 2.73. The molecular formula is C22H24FN5O2. The lowest BCUT2D eigenvalue weighted by molar-refractivity contribution is 0.205. The summed E-state index contributed by atoms with van der Waals surface area (Å²) in [5.41, 5.74) is 8.24. The van der Waals surface area contributed by atoms with Crippen LogP contribution in [0, 0.1) is 5.82 Å². The second-order valence-corrected chi connectivity index (χ2v) is 7.47. The molecule has 3 aromatic rings. The summed E-state index contributed by atoms with van der Waals surface area (Å²) in [5, 5.41) is 2.38. The van der Waals surface area contributed by atoms with E-state index in [9.17, 15) is 9.18 Å². The largest absolute Gasteiger partial charge is 0.478 e. The standard InChI is InChI=1S/C22H24FN5O2/c1-30-21-20(27-22(24)29)25-18-12-16(23)11-17(19(18)26-21)15-7-9-28(10-8-15)13-14-5-3-2-4-6-14/h2-6,11-12,15H,7-10,13H2,1H3,(H3,24,25,27,29). The molecule has 1 aliphatic heterocycles. The normalized spacial score (nSPS) is 15.3. The van der Waals surface area contributed by atoms with E-state index < -0.39 is 6.03 Å². The van der Waals surface area contributed by atoms with Crippen LogP contribution in [0.3, 0.4) is 0 Å². The van der Waals surface area contributed by atoms with Crippen molar-refractivity contribution in [1.29, 1.82) is 0 Å². The van der Waals surface area contributed by atoms with Gasteiger partial charge in [-0.25, -0.2) is 19.2 Å². The first-order chi connectivity index (χ1) is 14.5. The maximum atomic E-state index is 14.4. The highest BCUT2D eigenvalue weighted by atomic mass is 19.1.